The van der Waals surface area contributed by atoms with Crippen LogP contribution in [0.2, 0.25) is 0 Å². The van der Waals surface area contributed by atoms with Gasteiger partial charge in [0.15, 0.2) is 0 Å². The molecular weight excluding hydrogens is 253 g/mol. The first-order valence-electron chi connectivity index (χ1n) is 5.61. The van der Waals surface area contributed by atoms with E-state index in [1.807, 2.05) is 0 Å². The first-order chi connectivity index (χ1) is 8.92. The molecule has 1 aromatic rings. The number of carbonyl (C=O) groups excluding carboxylic acids is 2. The Bertz CT molecular complexity index is 473. The molecule has 0 bridgehead atoms. The fourth-order valence-electron chi connectivity index (χ4n) is 1.54. The van der Waals surface area contributed by atoms with Gasteiger partial charge >= 0.3 is 11.9 Å². The van der Waals surface area contributed by atoms with E-state index in [-0.39, 0.29) is 5.56 Å². The van der Waals surface area contributed by atoms with E-state index in [0.29, 0.717) is 5.69 Å². The van der Waals surface area contributed by atoms with Crippen LogP contribution >= 0.6 is 0 Å². The van der Waals surface area contributed by atoms with E-state index in [9.17, 15) is 14.0 Å². The molecule has 0 aromatic heterocycles. The van der Waals surface area contributed by atoms with Crippen molar-refractivity contribution < 1.29 is 23.5 Å². The Morgan fingerprint density at radius 3 is 2.53 bits per heavy atom. The van der Waals surface area contributed by atoms with E-state index in [1.165, 1.54) is 13.2 Å². The Morgan fingerprint density at radius 2 is 1.95 bits per heavy atom. The van der Waals surface area contributed by atoms with E-state index >= 15 is 0 Å². The molecule has 0 unspecified atom stereocenters. The summed E-state index contributed by atoms with van der Waals surface area (Å²) >= 11 is 0. The number of ether oxygens (including phenoxy) is 2. The second kappa shape index (κ2) is 6.17. The normalized spacial score (nSPS) is 10.7. The molecule has 19 heavy (non-hydrogen) atoms. The van der Waals surface area contributed by atoms with Crippen LogP contribution in [0, 0.1) is 0 Å². The third kappa shape index (κ3) is 3.67. The topological polar surface area (TPSA) is 64.6 Å². The molecule has 5 nitrogen and oxygen atoms in total. The van der Waals surface area contributed by atoms with Crippen molar-refractivity contribution in [3.8, 4) is 0 Å². The number of halogens is 1. The molecule has 0 aliphatic rings. The van der Waals surface area contributed by atoms with E-state index in [1.54, 1.807) is 32.0 Å². The summed E-state index contributed by atoms with van der Waals surface area (Å²) in [6, 6.07) is 6.38. The zero-order valence-corrected chi connectivity index (χ0v) is 11.0. The van der Waals surface area contributed by atoms with Crippen molar-refractivity contribution in [2.75, 3.05) is 19.3 Å². The van der Waals surface area contributed by atoms with Crippen molar-refractivity contribution in [2.45, 2.75) is 19.4 Å². The predicted octanol–water partition coefficient (Wildman–Crippen LogP) is 2.13. The van der Waals surface area contributed by atoms with Crippen LogP contribution in [-0.4, -0.2) is 31.4 Å². The maximum atomic E-state index is 12.0. The summed E-state index contributed by atoms with van der Waals surface area (Å²) in [7, 11) is 1.27. The van der Waals surface area contributed by atoms with Crippen LogP contribution in [0.5, 0.6) is 0 Å². The highest BCUT2D eigenvalue weighted by Gasteiger charge is 2.29. The molecule has 0 fully saturated rings. The zero-order valence-electron chi connectivity index (χ0n) is 11.0. The third-order valence-electron chi connectivity index (χ3n) is 2.48. The quantitative estimate of drug-likeness (QED) is 0.830. The van der Waals surface area contributed by atoms with Gasteiger partial charge in [0.25, 0.3) is 0 Å². The van der Waals surface area contributed by atoms with Crippen molar-refractivity contribution in [1.29, 1.82) is 0 Å². The molecule has 0 aliphatic carbocycles. The van der Waals surface area contributed by atoms with Gasteiger partial charge in [0, 0.05) is 5.69 Å². The predicted molar refractivity (Wildman–Crippen MR) is 67.6 cm³/mol. The molecule has 6 heteroatoms. The SMILES string of the molecule is COC(=O)C(C)(C)Nc1ccccc1C(=O)OCF. The van der Waals surface area contributed by atoms with Gasteiger partial charge in [0.05, 0.1) is 12.7 Å². The number of carbonyl (C=O) groups is 2. The minimum Gasteiger partial charge on any atom is -0.467 e. The summed E-state index contributed by atoms with van der Waals surface area (Å²) in [5, 5.41) is 2.88. The van der Waals surface area contributed by atoms with Crippen LogP contribution < -0.4 is 5.32 Å². The van der Waals surface area contributed by atoms with Gasteiger partial charge in [-0.3, -0.25) is 0 Å². The van der Waals surface area contributed by atoms with Crippen molar-refractivity contribution in [1.82, 2.24) is 0 Å². The fourth-order valence-corrected chi connectivity index (χ4v) is 1.54. The van der Waals surface area contributed by atoms with Gasteiger partial charge in [-0.1, -0.05) is 12.1 Å². The molecule has 1 N–H and O–H groups in total. The lowest BCUT2D eigenvalue weighted by atomic mass is 10.0. The smallest absolute Gasteiger partial charge is 0.342 e. The monoisotopic (exact) mass is 269 g/mol. The van der Waals surface area contributed by atoms with E-state index in [4.69, 9.17) is 0 Å². The minimum atomic E-state index is -1.20. The molecule has 104 valence electrons. The van der Waals surface area contributed by atoms with Gasteiger partial charge in [0.2, 0.25) is 6.86 Å². The number of esters is 2. The summed E-state index contributed by atoms with van der Waals surface area (Å²) in [5.41, 5.74) is -0.505. The molecule has 0 saturated carbocycles. The van der Waals surface area contributed by atoms with E-state index in [0.717, 1.165) is 0 Å². The highest BCUT2D eigenvalue weighted by molar-refractivity contribution is 5.96. The number of alkyl halides is 1. The van der Waals surface area contributed by atoms with Gasteiger partial charge in [-0.05, 0) is 26.0 Å². The number of hydrogen-bond donors (Lipinski definition) is 1. The average molecular weight is 269 g/mol. The molecule has 0 heterocycles. The zero-order chi connectivity index (χ0) is 14.5. The Kier molecular flexibility index (Phi) is 4.86. The lowest BCUT2D eigenvalue weighted by Crippen LogP contribution is -2.41. The Balaban J connectivity index is 3.02. The van der Waals surface area contributed by atoms with Gasteiger partial charge in [-0.25, -0.2) is 14.0 Å². The molecule has 0 aliphatic heterocycles. The number of anilines is 1. The number of benzene rings is 1. The summed E-state index contributed by atoms with van der Waals surface area (Å²) in [6.45, 7) is 2.01. The minimum absolute atomic E-state index is 0.150. The average Bonchev–Trinajstić information content (AvgIpc) is 2.38. The first kappa shape index (κ1) is 14.9. The van der Waals surface area contributed by atoms with E-state index < -0.39 is 24.3 Å². The highest BCUT2D eigenvalue weighted by atomic mass is 19.1. The van der Waals surface area contributed by atoms with Crippen LogP contribution in [0.1, 0.15) is 24.2 Å². The molecule has 0 radical (unpaired) electrons. The number of para-hydroxylation sites is 1. The van der Waals surface area contributed by atoms with Gasteiger partial charge < -0.3 is 14.8 Å². The second-order valence-electron chi connectivity index (χ2n) is 4.33. The van der Waals surface area contributed by atoms with Crippen molar-refractivity contribution >= 4 is 17.6 Å². The molecule has 0 saturated heterocycles. The second-order valence-corrected chi connectivity index (χ2v) is 4.33. The van der Waals surface area contributed by atoms with Gasteiger partial charge in [0.1, 0.15) is 5.54 Å². The Labute approximate surface area is 110 Å². The summed E-state index contributed by atoms with van der Waals surface area (Å²) in [5.74, 6) is -1.28. The van der Waals surface area contributed by atoms with Crippen molar-refractivity contribution in [2.24, 2.45) is 0 Å². The number of hydrogen-bond acceptors (Lipinski definition) is 5. The number of rotatable bonds is 5. The van der Waals surface area contributed by atoms with Crippen LogP contribution in [0.25, 0.3) is 0 Å². The summed E-state index contributed by atoms with van der Waals surface area (Å²) < 4.78 is 21.0. The highest BCUT2D eigenvalue weighted by Crippen LogP contribution is 2.21. The fraction of sp³-hybridized carbons (Fsp3) is 0.385. The van der Waals surface area contributed by atoms with E-state index in [2.05, 4.69) is 14.8 Å². The first-order valence-corrected chi connectivity index (χ1v) is 5.61. The van der Waals surface area contributed by atoms with Crippen LogP contribution in [0.15, 0.2) is 24.3 Å². The van der Waals surface area contributed by atoms with Crippen LogP contribution in [0.4, 0.5) is 10.1 Å². The summed E-state index contributed by atoms with van der Waals surface area (Å²) in [6.07, 6.45) is 0. The van der Waals surface area contributed by atoms with Crippen molar-refractivity contribution in [3.63, 3.8) is 0 Å². The third-order valence-corrected chi connectivity index (χ3v) is 2.48. The largest absolute Gasteiger partial charge is 0.467 e. The molecule has 0 atom stereocenters. The van der Waals surface area contributed by atoms with Gasteiger partial charge in [-0.15, -0.1) is 0 Å². The molecule has 1 rings (SSSR count). The Hall–Kier alpha value is -2.11. The lowest BCUT2D eigenvalue weighted by Gasteiger charge is -2.25. The lowest BCUT2D eigenvalue weighted by molar-refractivity contribution is -0.144. The van der Waals surface area contributed by atoms with Crippen molar-refractivity contribution in [3.05, 3.63) is 29.8 Å². The number of nitrogens with one attached hydrogen (secondary N) is 1. The van der Waals surface area contributed by atoms with Crippen LogP contribution in [0.3, 0.4) is 0 Å². The molecule has 1 aromatic carbocycles. The number of methoxy groups -OCH3 is 1. The molecule has 0 amide bonds. The molecule has 0 spiro atoms. The van der Waals surface area contributed by atoms with Gasteiger partial charge in [-0.2, -0.15) is 0 Å². The maximum absolute atomic E-state index is 12.0. The molecular formula is C13H16FNO4. The maximum Gasteiger partial charge on any atom is 0.342 e. The summed E-state index contributed by atoms with van der Waals surface area (Å²) in [4.78, 5) is 23.2. The Morgan fingerprint density at radius 1 is 1.32 bits per heavy atom. The standard InChI is InChI=1S/C13H16FNO4/c1-13(2,12(17)18-3)15-10-7-5-4-6-9(10)11(16)19-8-14/h4-7,15H,8H2,1-3H3. The van der Waals surface area contributed by atoms with Crippen LogP contribution in [-0.2, 0) is 14.3 Å².